The Bertz CT molecular complexity index is 976. The third-order valence-corrected chi connectivity index (χ3v) is 6.77. The molecule has 1 aromatic heterocycles. The van der Waals surface area contributed by atoms with Crippen LogP contribution in [0.3, 0.4) is 0 Å². The van der Waals surface area contributed by atoms with Gasteiger partial charge in [-0.3, -0.25) is 14.3 Å². The van der Waals surface area contributed by atoms with Gasteiger partial charge in [0.2, 0.25) is 5.91 Å². The third-order valence-electron chi connectivity index (χ3n) is 6.77. The Labute approximate surface area is 209 Å². The van der Waals surface area contributed by atoms with Crippen molar-refractivity contribution >= 4 is 23.7 Å². The van der Waals surface area contributed by atoms with Crippen molar-refractivity contribution in [2.75, 3.05) is 5.32 Å². The molecule has 2 fully saturated rings. The zero-order chi connectivity index (χ0) is 26.9. The highest BCUT2D eigenvalue weighted by Crippen LogP contribution is 2.48. The van der Waals surface area contributed by atoms with Crippen LogP contribution in [0.2, 0.25) is 0 Å². The molecular formula is C24H37F2N5O5. The maximum atomic E-state index is 14.0. The molecule has 0 radical (unpaired) electrons. The van der Waals surface area contributed by atoms with Crippen LogP contribution in [0.1, 0.15) is 72.6 Å². The molecule has 1 aromatic rings. The number of amides is 3. The van der Waals surface area contributed by atoms with Gasteiger partial charge in [0.1, 0.15) is 11.6 Å². The fraction of sp³-hybridized carbons (Fsp3) is 0.750. The molecule has 2 saturated carbocycles. The summed E-state index contributed by atoms with van der Waals surface area (Å²) in [5.41, 5.74) is -2.94. The lowest BCUT2D eigenvalue weighted by Gasteiger charge is -2.50. The van der Waals surface area contributed by atoms with Crippen molar-refractivity contribution < 1.29 is 33.0 Å². The number of aromatic nitrogens is 2. The lowest BCUT2D eigenvalue weighted by atomic mass is 9.69. The smallest absolute Gasteiger partial charge is 0.408 e. The summed E-state index contributed by atoms with van der Waals surface area (Å²) in [6, 6.07) is 0.383. The maximum Gasteiger partial charge on any atom is 0.408 e. The van der Waals surface area contributed by atoms with Crippen molar-refractivity contribution in [3.8, 4) is 0 Å². The highest BCUT2D eigenvalue weighted by atomic mass is 19.3. The predicted molar refractivity (Wildman–Crippen MR) is 127 cm³/mol. The van der Waals surface area contributed by atoms with Crippen molar-refractivity contribution in [1.29, 1.82) is 0 Å². The zero-order valence-corrected chi connectivity index (χ0v) is 21.5. The van der Waals surface area contributed by atoms with Crippen LogP contribution in [0.4, 0.5) is 19.4 Å². The van der Waals surface area contributed by atoms with Gasteiger partial charge in [-0.25, -0.2) is 13.6 Å². The normalized spacial score (nSPS) is 21.6. The summed E-state index contributed by atoms with van der Waals surface area (Å²) in [7, 11) is 1.63. The lowest BCUT2D eigenvalue weighted by Crippen LogP contribution is -2.72. The Morgan fingerprint density at radius 3 is 2.31 bits per heavy atom. The van der Waals surface area contributed by atoms with Gasteiger partial charge in [-0.1, -0.05) is 19.8 Å². The summed E-state index contributed by atoms with van der Waals surface area (Å²) in [5.74, 6) is -4.75. The minimum Gasteiger partial charge on any atom is -0.444 e. The van der Waals surface area contributed by atoms with Gasteiger partial charge in [-0.05, 0) is 45.4 Å². The first-order chi connectivity index (χ1) is 16.5. The Morgan fingerprint density at radius 1 is 1.19 bits per heavy atom. The van der Waals surface area contributed by atoms with Gasteiger partial charge in [-0.15, -0.1) is 0 Å². The molecule has 3 rings (SSSR count). The van der Waals surface area contributed by atoms with E-state index in [1.165, 1.54) is 10.7 Å². The zero-order valence-electron chi connectivity index (χ0n) is 21.5. The largest absolute Gasteiger partial charge is 0.444 e. The molecule has 3 amide bonds. The molecule has 1 unspecified atom stereocenters. The number of carbonyl (C=O) groups is 3. The number of aliphatic hydroxyl groups excluding tert-OH is 1. The number of hydrogen-bond donors (Lipinski definition) is 4. The monoisotopic (exact) mass is 513 g/mol. The van der Waals surface area contributed by atoms with Crippen LogP contribution in [0, 0.1) is 5.41 Å². The molecule has 2 atom stereocenters. The number of nitrogens with one attached hydrogen (secondary N) is 3. The molecule has 2 aliphatic carbocycles. The Hall–Kier alpha value is -2.76. The molecule has 0 spiro atoms. The van der Waals surface area contributed by atoms with Crippen LogP contribution >= 0.6 is 0 Å². The van der Waals surface area contributed by atoms with Gasteiger partial charge in [-0.2, -0.15) is 5.10 Å². The number of anilines is 1. The number of carbonyl (C=O) groups excluding carboxylic acids is 3. The summed E-state index contributed by atoms with van der Waals surface area (Å²) in [6.45, 7) is 7.06. The van der Waals surface area contributed by atoms with Crippen molar-refractivity contribution in [2.24, 2.45) is 12.5 Å². The highest BCUT2D eigenvalue weighted by molar-refractivity contribution is 5.95. The van der Waals surface area contributed by atoms with E-state index >= 15 is 0 Å². The number of ether oxygens (including phenoxy) is 1. The first-order valence-electron chi connectivity index (χ1n) is 12.2. The van der Waals surface area contributed by atoms with E-state index in [-0.39, 0.29) is 17.7 Å². The van der Waals surface area contributed by atoms with Gasteiger partial charge in [0, 0.05) is 32.2 Å². The lowest BCUT2D eigenvalue weighted by molar-refractivity contribution is -0.177. The first kappa shape index (κ1) is 27.8. The number of nitrogens with zero attached hydrogens (tertiary/aromatic N) is 2. The number of rotatable bonds is 8. The number of aliphatic hydroxyl groups is 1. The summed E-state index contributed by atoms with van der Waals surface area (Å²) < 4.78 is 34.8. The van der Waals surface area contributed by atoms with E-state index in [2.05, 4.69) is 21.0 Å². The minimum atomic E-state index is -3.16. The van der Waals surface area contributed by atoms with Crippen LogP contribution in [-0.4, -0.2) is 62.0 Å². The Balaban J connectivity index is 1.78. The second-order valence-electron chi connectivity index (χ2n) is 11.5. The first-order valence-corrected chi connectivity index (χ1v) is 12.2. The fourth-order valence-corrected chi connectivity index (χ4v) is 5.07. The highest BCUT2D eigenvalue weighted by Gasteiger charge is 2.63. The molecular weight excluding hydrogens is 476 g/mol. The van der Waals surface area contributed by atoms with Crippen LogP contribution in [0.25, 0.3) is 0 Å². The van der Waals surface area contributed by atoms with Crippen molar-refractivity contribution in [1.82, 2.24) is 20.4 Å². The van der Waals surface area contributed by atoms with E-state index in [1.807, 2.05) is 6.92 Å². The Kier molecular flexibility index (Phi) is 7.69. The topological polar surface area (TPSA) is 135 Å². The summed E-state index contributed by atoms with van der Waals surface area (Å²) in [4.78, 5) is 38.6. The molecule has 12 heteroatoms. The molecule has 4 N–H and O–H groups in total. The second kappa shape index (κ2) is 9.95. The average molecular weight is 514 g/mol. The van der Waals surface area contributed by atoms with Crippen molar-refractivity contribution in [3.05, 3.63) is 12.3 Å². The van der Waals surface area contributed by atoms with Crippen molar-refractivity contribution in [3.63, 3.8) is 0 Å². The van der Waals surface area contributed by atoms with Gasteiger partial charge in [0.25, 0.3) is 11.8 Å². The molecule has 0 aliphatic heterocycles. The van der Waals surface area contributed by atoms with Crippen LogP contribution in [0.15, 0.2) is 12.3 Å². The average Bonchev–Trinajstić information content (AvgIpc) is 3.31. The third kappa shape index (κ3) is 6.92. The quantitative estimate of drug-likeness (QED) is 0.422. The van der Waals surface area contributed by atoms with Crippen LogP contribution in [-0.2, 0) is 21.4 Å². The number of halogens is 2. The molecule has 2 aliphatic rings. The fourth-order valence-electron chi connectivity index (χ4n) is 5.07. The van der Waals surface area contributed by atoms with Gasteiger partial charge in [0.15, 0.2) is 11.9 Å². The minimum absolute atomic E-state index is 0.132. The van der Waals surface area contributed by atoms with Gasteiger partial charge < -0.3 is 25.8 Å². The molecule has 0 aromatic carbocycles. The molecule has 1 heterocycles. The summed E-state index contributed by atoms with van der Waals surface area (Å²) >= 11 is 0. The number of alkyl halides is 2. The second-order valence-corrected chi connectivity index (χ2v) is 11.5. The van der Waals surface area contributed by atoms with Gasteiger partial charge in [0.05, 0.1) is 5.54 Å². The molecule has 0 saturated heterocycles. The van der Waals surface area contributed by atoms with Crippen molar-refractivity contribution in [2.45, 2.75) is 102 Å². The molecule has 36 heavy (non-hydrogen) atoms. The van der Waals surface area contributed by atoms with Crippen LogP contribution in [0.5, 0.6) is 0 Å². The van der Waals surface area contributed by atoms with E-state index in [4.69, 9.17) is 4.74 Å². The Morgan fingerprint density at radius 2 is 1.81 bits per heavy atom. The summed E-state index contributed by atoms with van der Waals surface area (Å²) in [5, 5.41) is 22.2. The van der Waals surface area contributed by atoms with E-state index < -0.39 is 60.0 Å². The maximum absolute atomic E-state index is 14.0. The van der Waals surface area contributed by atoms with E-state index in [9.17, 15) is 28.3 Å². The standard InChI is InChI=1S/C24H37F2N5O5/c1-21(2,3)36-20(35)27-15(12-22(4)9-6-7-10-22)18(33)29-23(13-24(25,26)14-23)17(32)19(34)28-16-8-11-31(5)30-16/h8,11,15,17,32H,6-7,9-10,12-14H2,1-5H3,(H,27,35)(H,29,33)(H,28,30,34)/t15-,17?/m0/s1. The van der Waals surface area contributed by atoms with E-state index in [0.29, 0.717) is 0 Å². The SMILES string of the molecule is Cn1ccc(NC(=O)C(O)C2(NC(=O)[C@H](CC3(C)CCCC3)NC(=O)OC(C)(C)C)CC(F)(F)C2)n1. The number of alkyl carbamates (subject to hydrolysis) is 1. The summed E-state index contributed by atoms with van der Waals surface area (Å²) in [6.07, 6.45) is 0.889. The number of aryl methyl sites for hydroxylation is 1. The van der Waals surface area contributed by atoms with E-state index in [0.717, 1.165) is 25.7 Å². The van der Waals surface area contributed by atoms with Gasteiger partial charge >= 0.3 is 6.09 Å². The number of hydrogen-bond acceptors (Lipinski definition) is 6. The molecule has 0 bridgehead atoms. The molecule has 10 nitrogen and oxygen atoms in total. The predicted octanol–water partition coefficient (Wildman–Crippen LogP) is 2.87. The molecule has 202 valence electrons. The van der Waals surface area contributed by atoms with E-state index in [1.54, 1.807) is 34.0 Å². The van der Waals surface area contributed by atoms with Crippen LogP contribution < -0.4 is 16.0 Å².